The van der Waals surface area contributed by atoms with E-state index in [1.807, 2.05) is 17.5 Å². The molecule has 0 spiro atoms. The summed E-state index contributed by atoms with van der Waals surface area (Å²) in [5, 5.41) is 1.91. The minimum Gasteiger partial charge on any atom is -0.486 e. The molecule has 4 rings (SSSR count). The zero-order valence-corrected chi connectivity index (χ0v) is 17.4. The van der Waals surface area contributed by atoms with Crippen LogP contribution in [0.2, 0.25) is 0 Å². The first-order valence-corrected chi connectivity index (χ1v) is 10.6. The number of anilines is 1. The van der Waals surface area contributed by atoms with Crippen molar-refractivity contribution in [2.24, 2.45) is 0 Å². The van der Waals surface area contributed by atoms with Gasteiger partial charge in [-0.1, -0.05) is 6.07 Å². The molecule has 1 fully saturated rings. The standard InChI is InChI=1S/C21H20N2O7S/c24-18-5-6-19(25)23(18)12-21(27)30-13-20(26)22(11-15-2-1-9-31-15)14-3-4-16-17(10-14)29-8-7-28-16/h1-4,9-10H,5-8,11-13H2. The maximum atomic E-state index is 12.9. The number of benzene rings is 1. The summed E-state index contributed by atoms with van der Waals surface area (Å²) < 4.78 is 16.2. The van der Waals surface area contributed by atoms with Crippen molar-refractivity contribution in [2.75, 3.05) is 31.3 Å². The highest BCUT2D eigenvalue weighted by Crippen LogP contribution is 2.34. The molecule has 1 aromatic heterocycles. The molecule has 0 unspecified atom stereocenters. The molecule has 0 atom stereocenters. The van der Waals surface area contributed by atoms with E-state index in [4.69, 9.17) is 14.2 Å². The molecular formula is C21H20N2O7S. The predicted molar refractivity (Wildman–Crippen MR) is 110 cm³/mol. The Kier molecular flexibility index (Phi) is 6.17. The summed E-state index contributed by atoms with van der Waals surface area (Å²) in [6.45, 7) is 0.161. The normalized spacial score (nSPS) is 15.2. The van der Waals surface area contributed by atoms with Gasteiger partial charge in [0, 0.05) is 29.5 Å². The van der Waals surface area contributed by atoms with Gasteiger partial charge in [0.25, 0.3) is 5.91 Å². The molecule has 3 heterocycles. The van der Waals surface area contributed by atoms with Crippen molar-refractivity contribution in [3.63, 3.8) is 0 Å². The first-order valence-electron chi connectivity index (χ1n) is 9.72. The van der Waals surface area contributed by atoms with Crippen LogP contribution >= 0.6 is 11.3 Å². The van der Waals surface area contributed by atoms with Crippen LogP contribution in [0, 0.1) is 0 Å². The van der Waals surface area contributed by atoms with E-state index in [-0.39, 0.29) is 19.4 Å². The minimum atomic E-state index is -0.810. The number of fused-ring (bicyclic) bond motifs is 1. The van der Waals surface area contributed by atoms with E-state index in [0.717, 1.165) is 9.78 Å². The lowest BCUT2D eigenvalue weighted by molar-refractivity contribution is -0.154. The first kappa shape index (κ1) is 20.9. The number of amides is 3. The smallest absolute Gasteiger partial charge is 0.326 e. The second-order valence-electron chi connectivity index (χ2n) is 6.92. The Morgan fingerprint density at radius 1 is 1.06 bits per heavy atom. The molecule has 10 heteroatoms. The number of hydrogen-bond acceptors (Lipinski definition) is 8. The third kappa shape index (κ3) is 4.85. The summed E-state index contributed by atoms with van der Waals surface area (Å²) in [4.78, 5) is 51.6. The van der Waals surface area contributed by atoms with E-state index in [1.54, 1.807) is 18.2 Å². The zero-order valence-electron chi connectivity index (χ0n) is 16.6. The van der Waals surface area contributed by atoms with Gasteiger partial charge in [0.1, 0.15) is 19.8 Å². The van der Waals surface area contributed by atoms with E-state index in [2.05, 4.69) is 0 Å². The highest BCUT2D eigenvalue weighted by atomic mass is 32.1. The number of carbonyl (C=O) groups is 4. The number of esters is 1. The molecule has 0 aliphatic carbocycles. The van der Waals surface area contributed by atoms with Crippen LogP contribution in [0.15, 0.2) is 35.7 Å². The Labute approximate surface area is 182 Å². The fourth-order valence-corrected chi connectivity index (χ4v) is 3.97. The molecule has 3 amide bonds. The summed E-state index contributed by atoms with van der Waals surface area (Å²) in [6.07, 6.45) is 0.174. The quantitative estimate of drug-likeness (QED) is 0.473. The number of thiophene rings is 1. The van der Waals surface area contributed by atoms with Gasteiger partial charge >= 0.3 is 5.97 Å². The Bertz CT molecular complexity index is 989. The molecule has 1 saturated heterocycles. The van der Waals surface area contributed by atoms with E-state index in [9.17, 15) is 19.2 Å². The van der Waals surface area contributed by atoms with Crippen LogP contribution in [0.1, 0.15) is 17.7 Å². The van der Waals surface area contributed by atoms with Crippen molar-refractivity contribution in [3.8, 4) is 11.5 Å². The molecule has 2 aromatic rings. The van der Waals surface area contributed by atoms with Gasteiger partial charge in [0.15, 0.2) is 18.1 Å². The molecule has 0 radical (unpaired) electrons. The summed E-state index contributed by atoms with van der Waals surface area (Å²) in [6, 6.07) is 8.97. The number of carbonyl (C=O) groups excluding carboxylic acids is 4. The van der Waals surface area contributed by atoms with Crippen LogP contribution in [0.4, 0.5) is 5.69 Å². The Morgan fingerprint density at radius 3 is 2.52 bits per heavy atom. The van der Waals surface area contributed by atoms with Crippen LogP contribution in [0.5, 0.6) is 11.5 Å². The molecule has 31 heavy (non-hydrogen) atoms. The van der Waals surface area contributed by atoms with Crippen LogP contribution in [0.3, 0.4) is 0 Å². The Hall–Kier alpha value is -3.40. The fraction of sp³-hybridized carbons (Fsp3) is 0.333. The third-order valence-corrected chi connectivity index (χ3v) is 5.69. The number of ether oxygens (including phenoxy) is 3. The topological polar surface area (TPSA) is 102 Å². The average Bonchev–Trinajstić information content (AvgIpc) is 3.41. The summed E-state index contributed by atoms with van der Waals surface area (Å²) in [5.41, 5.74) is 0.573. The zero-order chi connectivity index (χ0) is 21.8. The fourth-order valence-electron chi connectivity index (χ4n) is 3.28. The number of rotatable bonds is 7. The van der Waals surface area contributed by atoms with Gasteiger partial charge in [-0.3, -0.25) is 24.1 Å². The lowest BCUT2D eigenvalue weighted by Crippen LogP contribution is -2.38. The van der Waals surface area contributed by atoms with Gasteiger partial charge in [-0.25, -0.2) is 0 Å². The van der Waals surface area contributed by atoms with E-state index in [1.165, 1.54) is 16.2 Å². The molecule has 0 bridgehead atoms. The van der Waals surface area contributed by atoms with Crippen LogP contribution in [-0.4, -0.2) is 55.0 Å². The molecule has 2 aliphatic rings. The highest BCUT2D eigenvalue weighted by Gasteiger charge is 2.31. The lowest BCUT2D eigenvalue weighted by atomic mass is 10.2. The van der Waals surface area contributed by atoms with Crippen molar-refractivity contribution in [1.29, 1.82) is 0 Å². The largest absolute Gasteiger partial charge is 0.486 e. The van der Waals surface area contributed by atoms with Gasteiger partial charge in [-0.05, 0) is 23.6 Å². The molecule has 0 N–H and O–H groups in total. The molecule has 0 saturated carbocycles. The number of imide groups is 1. The molecule has 1 aromatic carbocycles. The van der Waals surface area contributed by atoms with Gasteiger partial charge in [0.2, 0.25) is 11.8 Å². The van der Waals surface area contributed by atoms with Crippen molar-refractivity contribution in [3.05, 3.63) is 40.6 Å². The van der Waals surface area contributed by atoms with Crippen molar-refractivity contribution >= 4 is 40.7 Å². The highest BCUT2D eigenvalue weighted by molar-refractivity contribution is 7.09. The first-order chi connectivity index (χ1) is 15.0. The monoisotopic (exact) mass is 444 g/mol. The van der Waals surface area contributed by atoms with Crippen LogP contribution in [0.25, 0.3) is 0 Å². The van der Waals surface area contributed by atoms with E-state index < -0.39 is 36.8 Å². The molecule has 2 aliphatic heterocycles. The average molecular weight is 444 g/mol. The SMILES string of the molecule is O=C(CN1C(=O)CCC1=O)OCC(=O)N(Cc1cccs1)c1ccc2c(c1)OCCO2. The molecule has 9 nitrogen and oxygen atoms in total. The lowest BCUT2D eigenvalue weighted by Gasteiger charge is -2.25. The third-order valence-electron chi connectivity index (χ3n) is 4.83. The van der Waals surface area contributed by atoms with E-state index >= 15 is 0 Å². The predicted octanol–water partition coefficient (Wildman–Crippen LogP) is 1.74. The Morgan fingerprint density at radius 2 is 1.81 bits per heavy atom. The molecular weight excluding hydrogens is 424 g/mol. The van der Waals surface area contributed by atoms with Crippen LogP contribution in [-0.2, 0) is 30.5 Å². The van der Waals surface area contributed by atoms with Crippen molar-refractivity contribution < 1.29 is 33.4 Å². The second kappa shape index (κ2) is 9.17. The van der Waals surface area contributed by atoms with Gasteiger partial charge in [-0.2, -0.15) is 0 Å². The van der Waals surface area contributed by atoms with Crippen molar-refractivity contribution in [2.45, 2.75) is 19.4 Å². The second-order valence-corrected chi connectivity index (χ2v) is 7.95. The Balaban J connectivity index is 1.45. The maximum Gasteiger partial charge on any atom is 0.326 e. The minimum absolute atomic E-state index is 0.0871. The van der Waals surface area contributed by atoms with E-state index in [0.29, 0.717) is 30.4 Å². The van der Waals surface area contributed by atoms with Gasteiger partial charge < -0.3 is 19.1 Å². The summed E-state index contributed by atoms with van der Waals surface area (Å²) in [7, 11) is 0. The number of nitrogens with zero attached hydrogens (tertiary/aromatic N) is 2. The summed E-state index contributed by atoms with van der Waals surface area (Å²) >= 11 is 1.50. The molecule has 162 valence electrons. The number of hydrogen-bond donors (Lipinski definition) is 0. The maximum absolute atomic E-state index is 12.9. The van der Waals surface area contributed by atoms with Crippen molar-refractivity contribution in [1.82, 2.24) is 4.90 Å². The van der Waals surface area contributed by atoms with Gasteiger partial charge in [-0.15, -0.1) is 11.3 Å². The number of likely N-dealkylation sites (tertiary alicyclic amines) is 1. The van der Waals surface area contributed by atoms with Gasteiger partial charge in [0.05, 0.1) is 6.54 Å². The summed E-state index contributed by atoms with van der Waals surface area (Å²) in [5.74, 6) is -0.943. The van der Waals surface area contributed by atoms with Crippen LogP contribution < -0.4 is 14.4 Å².